The van der Waals surface area contributed by atoms with E-state index in [0.717, 1.165) is 10.8 Å². The van der Waals surface area contributed by atoms with Gasteiger partial charge in [0.05, 0.1) is 18.6 Å². The Labute approximate surface area is 134 Å². The van der Waals surface area contributed by atoms with Gasteiger partial charge in [-0.1, -0.05) is 18.2 Å². The van der Waals surface area contributed by atoms with Crippen LogP contribution in [0.25, 0.3) is 10.8 Å². The van der Waals surface area contributed by atoms with Gasteiger partial charge in [0.15, 0.2) is 9.84 Å². The fourth-order valence-electron chi connectivity index (χ4n) is 2.80. The number of benzene rings is 1. The van der Waals surface area contributed by atoms with E-state index >= 15 is 0 Å². The fourth-order valence-corrected chi connectivity index (χ4v) is 4.66. The number of nitrogens with one attached hydrogen (secondary N) is 1. The maximum atomic E-state index is 12.3. The molecule has 1 aromatic carbocycles. The monoisotopic (exact) mass is 334 g/mol. The number of aromatic nitrogens is 1. The zero-order valence-corrected chi connectivity index (χ0v) is 13.6. The molecule has 1 amide bonds. The van der Waals surface area contributed by atoms with Crippen molar-refractivity contribution < 1.29 is 17.9 Å². The maximum absolute atomic E-state index is 12.3. The van der Waals surface area contributed by atoms with Gasteiger partial charge in [-0.15, -0.1) is 0 Å². The molecule has 1 aliphatic heterocycles. The van der Waals surface area contributed by atoms with Crippen LogP contribution in [0.1, 0.15) is 16.9 Å². The zero-order chi connectivity index (χ0) is 16.4. The summed E-state index contributed by atoms with van der Waals surface area (Å²) in [5.74, 6) is 0.401. The van der Waals surface area contributed by atoms with Crippen LogP contribution in [0.3, 0.4) is 0 Å². The van der Waals surface area contributed by atoms with Crippen molar-refractivity contribution in [3.8, 4) is 5.88 Å². The van der Waals surface area contributed by atoms with E-state index in [1.807, 2.05) is 24.3 Å². The summed E-state index contributed by atoms with van der Waals surface area (Å²) in [6.45, 7) is 0.342. The SMILES string of the molecule is COc1nc(C(=O)NCC2CCS(=O)(=O)C2)cc2ccccc12. The molecule has 1 unspecified atom stereocenters. The van der Waals surface area contributed by atoms with Gasteiger partial charge in [-0.3, -0.25) is 4.79 Å². The van der Waals surface area contributed by atoms with E-state index in [1.54, 1.807) is 6.07 Å². The second-order valence-corrected chi connectivity index (χ2v) is 7.95. The highest BCUT2D eigenvalue weighted by Gasteiger charge is 2.28. The average Bonchev–Trinajstić information content (AvgIpc) is 2.90. The van der Waals surface area contributed by atoms with E-state index in [-0.39, 0.29) is 29.0 Å². The number of rotatable bonds is 4. The minimum absolute atomic E-state index is 0.0219. The number of carbonyl (C=O) groups is 1. The van der Waals surface area contributed by atoms with E-state index in [0.29, 0.717) is 18.8 Å². The normalized spacial score (nSPS) is 19.6. The molecule has 1 saturated heterocycles. The Kier molecular flexibility index (Phi) is 4.21. The first-order valence-corrected chi connectivity index (χ1v) is 9.23. The number of pyridine rings is 1. The number of fused-ring (bicyclic) bond motifs is 1. The van der Waals surface area contributed by atoms with Crippen LogP contribution in [0.2, 0.25) is 0 Å². The quantitative estimate of drug-likeness (QED) is 0.914. The molecular formula is C16H18N2O4S. The van der Waals surface area contributed by atoms with Crippen molar-refractivity contribution in [2.75, 3.05) is 25.2 Å². The highest BCUT2D eigenvalue weighted by atomic mass is 32.2. The number of nitrogens with zero attached hydrogens (tertiary/aromatic N) is 1. The first kappa shape index (κ1) is 15.7. The Bertz CT molecular complexity index is 848. The molecule has 122 valence electrons. The molecule has 1 N–H and O–H groups in total. The topological polar surface area (TPSA) is 85.4 Å². The number of amides is 1. The lowest BCUT2D eigenvalue weighted by Crippen LogP contribution is -2.30. The van der Waals surface area contributed by atoms with E-state index in [4.69, 9.17) is 4.74 Å². The summed E-state index contributed by atoms with van der Waals surface area (Å²) < 4.78 is 28.1. The Morgan fingerprint density at radius 2 is 2.17 bits per heavy atom. The van der Waals surface area contributed by atoms with Crippen molar-refractivity contribution in [1.29, 1.82) is 0 Å². The molecule has 0 bridgehead atoms. The second-order valence-electron chi connectivity index (χ2n) is 5.72. The molecule has 0 spiro atoms. The molecule has 1 atom stereocenters. The predicted octanol–water partition coefficient (Wildman–Crippen LogP) is 1.41. The first-order chi connectivity index (χ1) is 11.0. The molecule has 23 heavy (non-hydrogen) atoms. The molecule has 1 aliphatic rings. The molecule has 0 aliphatic carbocycles. The van der Waals surface area contributed by atoms with Gasteiger partial charge in [0.1, 0.15) is 5.69 Å². The highest BCUT2D eigenvalue weighted by Crippen LogP contribution is 2.24. The standard InChI is InChI=1S/C16H18N2O4S/c1-22-16-13-5-3-2-4-12(13)8-14(18-16)15(19)17-9-11-6-7-23(20,21)10-11/h2-5,8,11H,6-7,9-10H2,1H3,(H,17,19). The third-order valence-corrected chi connectivity index (χ3v) is 5.85. The van der Waals surface area contributed by atoms with Gasteiger partial charge in [0.25, 0.3) is 5.91 Å². The van der Waals surface area contributed by atoms with Crippen LogP contribution in [0.5, 0.6) is 5.88 Å². The summed E-state index contributed by atoms with van der Waals surface area (Å²) in [5.41, 5.74) is 0.265. The van der Waals surface area contributed by atoms with Crippen LogP contribution < -0.4 is 10.1 Å². The van der Waals surface area contributed by atoms with Crippen molar-refractivity contribution >= 4 is 26.5 Å². The molecule has 1 aromatic heterocycles. The minimum Gasteiger partial charge on any atom is -0.481 e. The number of methoxy groups -OCH3 is 1. The van der Waals surface area contributed by atoms with Crippen LogP contribution in [0.4, 0.5) is 0 Å². The smallest absolute Gasteiger partial charge is 0.270 e. The lowest BCUT2D eigenvalue weighted by atomic mass is 10.1. The summed E-state index contributed by atoms with van der Waals surface area (Å²) in [6.07, 6.45) is 0.594. The van der Waals surface area contributed by atoms with Crippen LogP contribution >= 0.6 is 0 Å². The molecule has 6 nitrogen and oxygen atoms in total. The maximum Gasteiger partial charge on any atom is 0.270 e. The molecule has 1 fully saturated rings. The van der Waals surface area contributed by atoms with Crippen molar-refractivity contribution in [3.05, 3.63) is 36.0 Å². The van der Waals surface area contributed by atoms with Gasteiger partial charge < -0.3 is 10.1 Å². The summed E-state index contributed by atoms with van der Waals surface area (Å²) in [5, 5.41) is 4.48. The van der Waals surface area contributed by atoms with Gasteiger partial charge >= 0.3 is 0 Å². The van der Waals surface area contributed by atoms with Crippen LogP contribution in [0.15, 0.2) is 30.3 Å². The molecule has 0 saturated carbocycles. The van der Waals surface area contributed by atoms with E-state index in [9.17, 15) is 13.2 Å². The summed E-state index contributed by atoms with van der Waals surface area (Å²) >= 11 is 0. The van der Waals surface area contributed by atoms with Gasteiger partial charge in [-0.25, -0.2) is 13.4 Å². The lowest BCUT2D eigenvalue weighted by Gasteiger charge is -2.11. The van der Waals surface area contributed by atoms with Crippen molar-refractivity contribution in [2.24, 2.45) is 5.92 Å². The third kappa shape index (κ3) is 3.44. The average molecular weight is 334 g/mol. The summed E-state index contributed by atoms with van der Waals surface area (Å²) in [6, 6.07) is 9.24. The highest BCUT2D eigenvalue weighted by molar-refractivity contribution is 7.91. The number of hydrogen-bond donors (Lipinski definition) is 1. The number of sulfone groups is 1. The Morgan fingerprint density at radius 1 is 1.39 bits per heavy atom. The summed E-state index contributed by atoms with van der Waals surface area (Å²) in [7, 11) is -1.42. The largest absolute Gasteiger partial charge is 0.481 e. The number of carbonyl (C=O) groups excluding carboxylic acids is 1. The third-order valence-electron chi connectivity index (χ3n) is 4.01. The molecule has 3 rings (SSSR count). The van der Waals surface area contributed by atoms with Crippen LogP contribution in [-0.4, -0.2) is 44.5 Å². The Morgan fingerprint density at radius 3 is 2.87 bits per heavy atom. The first-order valence-electron chi connectivity index (χ1n) is 7.41. The molecule has 2 aromatic rings. The van der Waals surface area contributed by atoms with Crippen LogP contribution in [-0.2, 0) is 9.84 Å². The zero-order valence-electron chi connectivity index (χ0n) is 12.8. The Hall–Kier alpha value is -2.15. The van der Waals surface area contributed by atoms with Crippen molar-refractivity contribution in [2.45, 2.75) is 6.42 Å². The minimum atomic E-state index is -2.93. The van der Waals surface area contributed by atoms with Gasteiger partial charge in [-0.05, 0) is 29.9 Å². The van der Waals surface area contributed by atoms with Gasteiger partial charge in [-0.2, -0.15) is 0 Å². The van der Waals surface area contributed by atoms with Crippen molar-refractivity contribution in [1.82, 2.24) is 10.3 Å². The van der Waals surface area contributed by atoms with E-state index in [2.05, 4.69) is 10.3 Å². The van der Waals surface area contributed by atoms with Gasteiger partial charge in [0, 0.05) is 11.9 Å². The predicted molar refractivity (Wildman–Crippen MR) is 87.4 cm³/mol. The van der Waals surface area contributed by atoms with Crippen molar-refractivity contribution in [3.63, 3.8) is 0 Å². The molecule has 7 heteroatoms. The molecule has 0 radical (unpaired) electrons. The fraction of sp³-hybridized carbons (Fsp3) is 0.375. The Balaban J connectivity index is 1.76. The number of hydrogen-bond acceptors (Lipinski definition) is 5. The van der Waals surface area contributed by atoms with E-state index in [1.165, 1.54) is 7.11 Å². The van der Waals surface area contributed by atoms with Crippen LogP contribution in [0, 0.1) is 5.92 Å². The second kappa shape index (κ2) is 6.16. The molecule has 2 heterocycles. The number of ether oxygens (including phenoxy) is 1. The summed E-state index contributed by atoms with van der Waals surface area (Å²) in [4.78, 5) is 16.5. The van der Waals surface area contributed by atoms with E-state index < -0.39 is 9.84 Å². The van der Waals surface area contributed by atoms with Gasteiger partial charge in [0.2, 0.25) is 5.88 Å². The molecular weight excluding hydrogens is 316 g/mol. The lowest BCUT2D eigenvalue weighted by molar-refractivity contribution is 0.0943.